The highest BCUT2D eigenvalue weighted by atomic mass is 32.2. The van der Waals surface area contributed by atoms with Crippen LogP contribution in [0.4, 0.5) is 0 Å². The van der Waals surface area contributed by atoms with E-state index in [9.17, 15) is 8.42 Å². The molecule has 0 amide bonds. The lowest BCUT2D eigenvalue weighted by Gasteiger charge is -2.21. The zero-order valence-corrected chi connectivity index (χ0v) is 17.2. The molecular formula is C18H21N3O4S2. The van der Waals surface area contributed by atoms with Gasteiger partial charge in [-0.05, 0) is 48.6 Å². The Morgan fingerprint density at radius 2 is 2.04 bits per heavy atom. The molecule has 144 valence electrons. The number of nitrogens with zero attached hydrogens (tertiary/aromatic N) is 3. The summed E-state index contributed by atoms with van der Waals surface area (Å²) in [5, 5.41) is 5.86. The van der Waals surface area contributed by atoms with Gasteiger partial charge in [-0.1, -0.05) is 18.1 Å². The van der Waals surface area contributed by atoms with Crippen LogP contribution in [-0.4, -0.2) is 36.5 Å². The average Bonchev–Trinajstić information content (AvgIpc) is 3.32. The maximum Gasteiger partial charge on any atom is 0.243 e. The van der Waals surface area contributed by atoms with Crippen LogP contribution in [0.3, 0.4) is 0 Å². The average molecular weight is 408 g/mol. The first-order chi connectivity index (χ1) is 12.9. The van der Waals surface area contributed by atoms with Crippen LogP contribution in [0.15, 0.2) is 39.1 Å². The monoisotopic (exact) mass is 407 g/mol. The van der Waals surface area contributed by atoms with E-state index in [-0.39, 0.29) is 23.9 Å². The van der Waals surface area contributed by atoms with Crippen molar-refractivity contribution in [1.82, 2.24) is 14.4 Å². The Hall–Kier alpha value is -2.23. The molecule has 0 fully saturated rings. The van der Waals surface area contributed by atoms with Gasteiger partial charge in [-0.25, -0.2) is 8.42 Å². The summed E-state index contributed by atoms with van der Waals surface area (Å²) in [6, 6.07) is 7.15. The first-order valence-corrected chi connectivity index (χ1v) is 10.7. The second-order valence-electron chi connectivity index (χ2n) is 6.01. The van der Waals surface area contributed by atoms with Crippen molar-refractivity contribution in [1.29, 1.82) is 0 Å². The molecule has 0 radical (unpaired) electrons. The highest BCUT2D eigenvalue weighted by molar-refractivity contribution is 7.89. The molecule has 0 saturated carbocycles. The van der Waals surface area contributed by atoms with Gasteiger partial charge in [0.1, 0.15) is 5.75 Å². The molecule has 0 saturated heterocycles. The van der Waals surface area contributed by atoms with Crippen LogP contribution < -0.4 is 4.74 Å². The van der Waals surface area contributed by atoms with E-state index in [1.807, 2.05) is 24.4 Å². The summed E-state index contributed by atoms with van der Waals surface area (Å²) >= 11 is 1.49. The van der Waals surface area contributed by atoms with Gasteiger partial charge in [0.25, 0.3) is 0 Å². The van der Waals surface area contributed by atoms with Gasteiger partial charge in [0.2, 0.25) is 21.7 Å². The molecule has 3 aromatic rings. The summed E-state index contributed by atoms with van der Waals surface area (Å²) in [6.45, 7) is 5.65. The molecule has 0 aliphatic rings. The Bertz CT molecular complexity index is 1030. The van der Waals surface area contributed by atoms with Crippen LogP contribution >= 0.6 is 11.3 Å². The number of aryl methyl sites for hydroxylation is 2. The number of hydrogen-bond donors (Lipinski definition) is 0. The normalized spacial score (nSPS) is 11.9. The quantitative estimate of drug-likeness (QED) is 0.594. The molecule has 2 heterocycles. The molecule has 0 N–H and O–H groups in total. The molecule has 0 atom stereocenters. The highest BCUT2D eigenvalue weighted by Gasteiger charge is 2.28. The van der Waals surface area contributed by atoms with Gasteiger partial charge in [0.15, 0.2) is 0 Å². The van der Waals surface area contributed by atoms with Gasteiger partial charge >= 0.3 is 0 Å². The second-order valence-corrected chi connectivity index (χ2v) is 8.86. The predicted octanol–water partition coefficient (Wildman–Crippen LogP) is 3.63. The Morgan fingerprint density at radius 1 is 1.26 bits per heavy atom. The Kier molecular flexibility index (Phi) is 5.64. The number of hydrogen-bond acceptors (Lipinski definition) is 7. The molecule has 3 rings (SSSR count). The number of sulfonamides is 1. The Labute approximate surface area is 162 Å². The highest BCUT2D eigenvalue weighted by Crippen LogP contribution is 2.28. The zero-order chi connectivity index (χ0) is 19.6. The van der Waals surface area contributed by atoms with Crippen molar-refractivity contribution >= 4 is 21.4 Å². The van der Waals surface area contributed by atoms with E-state index in [1.165, 1.54) is 15.6 Å². The summed E-state index contributed by atoms with van der Waals surface area (Å²) in [6.07, 6.45) is 0. The van der Waals surface area contributed by atoms with Crippen LogP contribution in [0, 0.1) is 13.8 Å². The van der Waals surface area contributed by atoms with E-state index >= 15 is 0 Å². The Balaban J connectivity index is 1.90. The largest absolute Gasteiger partial charge is 0.496 e. The van der Waals surface area contributed by atoms with E-state index < -0.39 is 10.0 Å². The third-order valence-corrected chi connectivity index (χ3v) is 7.11. The van der Waals surface area contributed by atoms with Crippen LogP contribution in [0.1, 0.15) is 23.9 Å². The summed E-state index contributed by atoms with van der Waals surface area (Å²) in [5.41, 5.74) is 1.39. The van der Waals surface area contributed by atoms with Crippen molar-refractivity contribution in [2.24, 2.45) is 0 Å². The van der Waals surface area contributed by atoms with E-state index in [1.54, 1.807) is 33.1 Å². The lowest BCUT2D eigenvalue weighted by molar-refractivity contribution is 0.321. The fourth-order valence-corrected chi connectivity index (χ4v) is 5.08. The van der Waals surface area contributed by atoms with Crippen LogP contribution in [0.2, 0.25) is 0 Å². The maximum absolute atomic E-state index is 13.2. The van der Waals surface area contributed by atoms with E-state index in [2.05, 4.69) is 10.1 Å². The van der Waals surface area contributed by atoms with Gasteiger partial charge in [-0.2, -0.15) is 9.29 Å². The standard InChI is InChI=1S/C18H21N3O4S2/c1-5-21(11-17-19-18(20-25-17)15-7-6-8-26-15)27(22,23)16-10-12(2)14(24-4)9-13(16)3/h6-10H,5,11H2,1-4H3. The number of ether oxygens (including phenoxy) is 1. The fourth-order valence-electron chi connectivity index (χ4n) is 2.74. The summed E-state index contributed by atoms with van der Waals surface area (Å²) in [7, 11) is -2.15. The maximum atomic E-state index is 13.2. The molecule has 0 bridgehead atoms. The fraction of sp³-hybridized carbons (Fsp3) is 0.333. The van der Waals surface area contributed by atoms with Crippen molar-refractivity contribution in [3.63, 3.8) is 0 Å². The van der Waals surface area contributed by atoms with Gasteiger partial charge in [-0.15, -0.1) is 11.3 Å². The second kappa shape index (κ2) is 7.79. The first kappa shape index (κ1) is 19.5. The lowest BCUT2D eigenvalue weighted by atomic mass is 10.1. The minimum absolute atomic E-state index is 0.0156. The van der Waals surface area contributed by atoms with Crippen LogP contribution in [-0.2, 0) is 16.6 Å². The summed E-state index contributed by atoms with van der Waals surface area (Å²) < 4.78 is 38.2. The van der Waals surface area contributed by atoms with Crippen LogP contribution in [0.5, 0.6) is 5.75 Å². The molecule has 0 spiro atoms. The number of aromatic nitrogens is 2. The number of methoxy groups -OCH3 is 1. The topological polar surface area (TPSA) is 85.5 Å². The van der Waals surface area contributed by atoms with Crippen molar-refractivity contribution in [3.05, 3.63) is 46.7 Å². The van der Waals surface area contributed by atoms with E-state index in [0.717, 1.165) is 10.4 Å². The number of benzene rings is 1. The van der Waals surface area contributed by atoms with Gasteiger partial charge in [-0.3, -0.25) is 0 Å². The third-order valence-electron chi connectivity index (χ3n) is 4.18. The predicted molar refractivity (Wildman–Crippen MR) is 103 cm³/mol. The SMILES string of the molecule is CCN(Cc1nc(-c2cccs2)no1)S(=O)(=O)c1cc(C)c(OC)cc1C. The molecular weight excluding hydrogens is 386 g/mol. The minimum Gasteiger partial charge on any atom is -0.496 e. The minimum atomic E-state index is -3.72. The van der Waals surface area contributed by atoms with Crippen molar-refractivity contribution in [2.75, 3.05) is 13.7 Å². The molecule has 27 heavy (non-hydrogen) atoms. The van der Waals surface area contributed by atoms with Gasteiger partial charge < -0.3 is 9.26 Å². The molecule has 1 aromatic carbocycles. The molecule has 9 heteroatoms. The third kappa shape index (κ3) is 3.90. The van der Waals surface area contributed by atoms with Crippen molar-refractivity contribution in [2.45, 2.75) is 32.2 Å². The lowest BCUT2D eigenvalue weighted by Crippen LogP contribution is -2.31. The van der Waals surface area contributed by atoms with E-state index in [4.69, 9.17) is 9.26 Å². The zero-order valence-electron chi connectivity index (χ0n) is 15.6. The van der Waals surface area contributed by atoms with Crippen molar-refractivity contribution < 1.29 is 17.7 Å². The smallest absolute Gasteiger partial charge is 0.243 e. The summed E-state index contributed by atoms with van der Waals surface area (Å²) in [5.74, 6) is 1.38. The molecule has 0 aliphatic heterocycles. The van der Waals surface area contributed by atoms with Gasteiger partial charge in [0.05, 0.1) is 23.4 Å². The van der Waals surface area contributed by atoms with Crippen LogP contribution in [0.25, 0.3) is 10.7 Å². The van der Waals surface area contributed by atoms with Gasteiger partial charge in [0, 0.05) is 6.54 Å². The molecule has 2 aromatic heterocycles. The first-order valence-electron chi connectivity index (χ1n) is 8.38. The van der Waals surface area contributed by atoms with Crippen molar-refractivity contribution in [3.8, 4) is 16.5 Å². The number of thiophene rings is 1. The molecule has 0 aliphatic carbocycles. The Morgan fingerprint density at radius 3 is 2.67 bits per heavy atom. The number of rotatable bonds is 7. The van der Waals surface area contributed by atoms with E-state index in [0.29, 0.717) is 17.1 Å². The molecule has 0 unspecified atom stereocenters. The molecule has 7 nitrogen and oxygen atoms in total. The summed E-state index contributed by atoms with van der Waals surface area (Å²) in [4.78, 5) is 5.44.